The molecule has 4 rings (SSSR count). The highest BCUT2D eigenvalue weighted by molar-refractivity contribution is 7.99. The number of thioether (sulfide) groups is 1. The first-order valence-corrected chi connectivity index (χ1v) is 12.9. The van der Waals surface area contributed by atoms with E-state index in [2.05, 4.69) is 58.9 Å². The van der Waals surface area contributed by atoms with E-state index in [1.807, 2.05) is 16.3 Å². The van der Waals surface area contributed by atoms with Crippen molar-refractivity contribution in [3.05, 3.63) is 52.9 Å². The SMILES string of the molecule is CCn1c(SCC(=O)N2CCC(CCc3ccc(C)cc3)CC2)nnc1-c1cccs1. The van der Waals surface area contributed by atoms with E-state index in [4.69, 9.17) is 0 Å². The Labute approximate surface area is 192 Å². The Morgan fingerprint density at radius 2 is 1.94 bits per heavy atom. The number of likely N-dealkylation sites (tertiary alicyclic amines) is 1. The number of aromatic nitrogens is 3. The number of nitrogens with zero attached hydrogens (tertiary/aromatic N) is 4. The van der Waals surface area contributed by atoms with Crippen LogP contribution in [0, 0.1) is 12.8 Å². The Kier molecular flexibility index (Phi) is 7.45. The summed E-state index contributed by atoms with van der Waals surface area (Å²) in [5.41, 5.74) is 2.73. The molecule has 3 heterocycles. The summed E-state index contributed by atoms with van der Waals surface area (Å²) in [6.45, 7) is 6.76. The van der Waals surface area contributed by atoms with Crippen molar-refractivity contribution in [2.45, 2.75) is 51.2 Å². The summed E-state index contributed by atoms with van der Waals surface area (Å²) in [7, 11) is 0. The molecular weight excluding hydrogens is 424 g/mol. The standard InChI is InChI=1S/C24H30N4OS2/c1-3-28-23(21-5-4-16-30-21)25-26-24(28)31-17-22(29)27-14-12-20(13-15-27)11-10-19-8-6-18(2)7-9-19/h4-9,16,20H,3,10-15,17H2,1-2H3. The molecule has 3 aromatic rings. The van der Waals surface area contributed by atoms with Crippen molar-refractivity contribution >= 4 is 29.0 Å². The third kappa shape index (κ3) is 5.57. The fraction of sp³-hybridized carbons (Fsp3) is 0.458. The second-order valence-corrected chi connectivity index (χ2v) is 10.1. The third-order valence-corrected chi connectivity index (χ3v) is 7.85. The van der Waals surface area contributed by atoms with Crippen LogP contribution < -0.4 is 0 Å². The zero-order valence-corrected chi connectivity index (χ0v) is 19.9. The molecule has 1 fully saturated rings. The number of hydrogen-bond acceptors (Lipinski definition) is 5. The van der Waals surface area contributed by atoms with E-state index in [1.165, 1.54) is 29.3 Å². The molecule has 0 unspecified atom stereocenters. The molecule has 2 aromatic heterocycles. The number of thiophene rings is 1. The van der Waals surface area contributed by atoms with Crippen LogP contribution >= 0.6 is 23.1 Å². The predicted molar refractivity (Wildman–Crippen MR) is 129 cm³/mol. The lowest BCUT2D eigenvalue weighted by Crippen LogP contribution is -2.39. The van der Waals surface area contributed by atoms with Crippen LogP contribution in [0.5, 0.6) is 0 Å². The second-order valence-electron chi connectivity index (χ2n) is 8.16. The third-order valence-electron chi connectivity index (χ3n) is 6.03. The van der Waals surface area contributed by atoms with E-state index >= 15 is 0 Å². The first-order chi connectivity index (χ1) is 15.1. The van der Waals surface area contributed by atoms with Crippen molar-refractivity contribution in [3.8, 4) is 10.7 Å². The number of hydrogen-bond donors (Lipinski definition) is 0. The highest BCUT2D eigenvalue weighted by Crippen LogP contribution is 2.28. The molecule has 0 atom stereocenters. The monoisotopic (exact) mass is 454 g/mol. The van der Waals surface area contributed by atoms with Gasteiger partial charge in [-0.1, -0.05) is 47.7 Å². The predicted octanol–water partition coefficient (Wildman–Crippen LogP) is 5.30. The summed E-state index contributed by atoms with van der Waals surface area (Å²) in [6.07, 6.45) is 4.56. The molecule has 164 valence electrons. The van der Waals surface area contributed by atoms with Crippen molar-refractivity contribution in [2.24, 2.45) is 5.92 Å². The normalized spacial score (nSPS) is 14.8. The molecule has 0 radical (unpaired) electrons. The first-order valence-electron chi connectivity index (χ1n) is 11.1. The van der Waals surface area contributed by atoms with Crippen molar-refractivity contribution < 1.29 is 4.79 Å². The topological polar surface area (TPSA) is 51.0 Å². The van der Waals surface area contributed by atoms with Gasteiger partial charge in [0.2, 0.25) is 5.91 Å². The van der Waals surface area contributed by atoms with Crippen LogP contribution in [0.4, 0.5) is 0 Å². The quantitative estimate of drug-likeness (QED) is 0.434. The molecule has 0 bridgehead atoms. The molecule has 7 heteroatoms. The summed E-state index contributed by atoms with van der Waals surface area (Å²) in [6, 6.07) is 12.9. The lowest BCUT2D eigenvalue weighted by Gasteiger charge is -2.32. The minimum absolute atomic E-state index is 0.213. The summed E-state index contributed by atoms with van der Waals surface area (Å²) in [5.74, 6) is 2.25. The summed E-state index contributed by atoms with van der Waals surface area (Å²) in [4.78, 5) is 15.9. The summed E-state index contributed by atoms with van der Waals surface area (Å²) >= 11 is 3.17. The summed E-state index contributed by atoms with van der Waals surface area (Å²) in [5, 5.41) is 11.6. The molecule has 1 aromatic carbocycles. The van der Waals surface area contributed by atoms with E-state index in [1.54, 1.807) is 11.3 Å². The Bertz CT molecular complexity index is 974. The molecule has 1 amide bonds. The van der Waals surface area contributed by atoms with Gasteiger partial charge in [-0.3, -0.25) is 4.79 Å². The molecule has 0 spiro atoms. The molecule has 0 saturated carbocycles. The lowest BCUT2D eigenvalue weighted by molar-refractivity contribution is -0.129. The Morgan fingerprint density at radius 1 is 1.16 bits per heavy atom. The maximum atomic E-state index is 12.8. The highest BCUT2D eigenvalue weighted by Gasteiger charge is 2.23. The van der Waals surface area contributed by atoms with Gasteiger partial charge in [0.05, 0.1) is 10.6 Å². The van der Waals surface area contributed by atoms with Crippen molar-refractivity contribution in [1.29, 1.82) is 0 Å². The van der Waals surface area contributed by atoms with Gasteiger partial charge in [-0.05, 0) is 62.5 Å². The Morgan fingerprint density at radius 3 is 2.61 bits per heavy atom. The van der Waals surface area contributed by atoms with Gasteiger partial charge in [0.15, 0.2) is 11.0 Å². The average Bonchev–Trinajstić information content (AvgIpc) is 3.47. The molecule has 1 aliphatic rings. The smallest absolute Gasteiger partial charge is 0.233 e. The highest BCUT2D eigenvalue weighted by atomic mass is 32.2. The van der Waals surface area contributed by atoms with Gasteiger partial charge >= 0.3 is 0 Å². The van der Waals surface area contributed by atoms with Gasteiger partial charge in [-0.25, -0.2) is 0 Å². The molecule has 31 heavy (non-hydrogen) atoms. The van der Waals surface area contributed by atoms with Crippen LogP contribution in [0.3, 0.4) is 0 Å². The van der Waals surface area contributed by atoms with E-state index in [9.17, 15) is 4.79 Å². The zero-order valence-electron chi connectivity index (χ0n) is 18.3. The zero-order chi connectivity index (χ0) is 21.6. The average molecular weight is 455 g/mol. The van der Waals surface area contributed by atoms with Gasteiger partial charge in [-0.2, -0.15) is 0 Å². The van der Waals surface area contributed by atoms with Crippen molar-refractivity contribution in [2.75, 3.05) is 18.8 Å². The molecular formula is C24H30N4OS2. The van der Waals surface area contributed by atoms with Crippen LogP contribution in [0.2, 0.25) is 0 Å². The van der Waals surface area contributed by atoms with Crippen LogP contribution in [0.1, 0.15) is 37.3 Å². The van der Waals surface area contributed by atoms with Gasteiger partial charge in [0.1, 0.15) is 0 Å². The number of carbonyl (C=O) groups is 1. The van der Waals surface area contributed by atoms with E-state index in [0.717, 1.165) is 60.7 Å². The van der Waals surface area contributed by atoms with Gasteiger partial charge in [0.25, 0.3) is 0 Å². The molecule has 0 N–H and O–H groups in total. The van der Waals surface area contributed by atoms with Crippen LogP contribution in [0.25, 0.3) is 10.7 Å². The minimum atomic E-state index is 0.213. The molecule has 1 saturated heterocycles. The molecule has 1 aliphatic heterocycles. The fourth-order valence-corrected chi connectivity index (χ4v) is 5.71. The fourth-order valence-electron chi connectivity index (χ4n) is 4.08. The van der Waals surface area contributed by atoms with Crippen LogP contribution in [0.15, 0.2) is 46.9 Å². The number of carbonyl (C=O) groups excluding carboxylic acids is 1. The molecule has 0 aliphatic carbocycles. The maximum absolute atomic E-state index is 12.8. The number of amides is 1. The Balaban J connectivity index is 1.24. The second kappa shape index (κ2) is 10.5. The number of benzene rings is 1. The largest absolute Gasteiger partial charge is 0.342 e. The molecule has 5 nitrogen and oxygen atoms in total. The summed E-state index contributed by atoms with van der Waals surface area (Å²) < 4.78 is 2.10. The van der Waals surface area contributed by atoms with Gasteiger partial charge < -0.3 is 9.47 Å². The Hall–Kier alpha value is -2.12. The van der Waals surface area contributed by atoms with Gasteiger partial charge in [-0.15, -0.1) is 21.5 Å². The number of aryl methyl sites for hydroxylation is 2. The van der Waals surface area contributed by atoms with Crippen LogP contribution in [-0.4, -0.2) is 44.4 Å². The van der Waals surface area contributed by atoms with Gasteiger partial charge in [0, 0.05) is 19.6 Å². The lowest BCUT2D eigenvalue weighted by atomic mass is 9.90. The van der Waals surface area contributed by atoms with E-state index in [0.29, 0.717) is 5.75 Å². The van der Waals surface area contributed by atoms with Crippen LogP contribution in [-0.2, 0) is 17.8 Å². The number of rotatable bonds is 8. The van der Waals surface area contributed by atoms with E-state index in [-0.39, 0.29) is 5.91 Å². The maximum Gasteiger partial charge on any atom is 0.233 e. The minimum Gasteiger partial charge on any atom is -0.342 e. The van der Waals surface area contributed by atoms with Crippen molar-refractivity contribution in [3.63, 3.8) is 0 Å². The van der Waals surface area contributed by atoms with E-state index < -0.39 is 0 Å². The van der Waals surface area contributed by atoms with Crippen molar-refractivity contribution in [1.82, 2.24) is 19.7 Å². The number of piperidine rings is 1. The first kappa shape index (κ1) is 22.1.